The van der Waals surface area contributed by atoms with Gasteiger partial charge in [0, 0.05) is 31.0 Å². The normalized spacial score (nSPS) is 13.6. The zero-order valence-corrected chi connectivity index (χ0v) is 27.1. The second-order valence-electron chi connectivity index (χ2n) is 12.6. The number of esters is 1. The van der Waals surface area contributed by atoms with Crippen LogP contribution in [0.2, 0.25) is 0 Å². The van der Waals surface area contributed by atoms with E-state index in [2.05, 4.69) is 27.5 Å². The molecule has 0 aliphatic heterocycles. The Hall–Kier alpha value is -5.70. The maximum Gasteiger partial charge on any atom is 0.354 e. The zero-order chi connectivity index (χ0) is 34.2. The Morgan fingerprint density at radius 1 is 1.15 bits per heavy atom. The van der Waals surface area contributed by atoms with Gasteiger partial charge in [0.15, 0.2) is 0 Å². The summed E-state index contributed by atoms with van der Waals surface area (Å²) in [4.78, 5) is 50.9. The molecule has 1 saturated carbocycles. The Balaban J connectivity index is 1.14. The molecule has 0 aromatic carbocycles. The lowest BCUT2D eigenvalue weighted by Gasteiger charge is -2.23. The molecule has 0 bridgehead atoms. The molecule has 0 atom stereocenters. The Morgan fingerprint density at radius 3 is 2.67 bits per heavy atom. The molecule has 48 heavy (non-hydrogen) atoms. The Morgan fingerprint density at radius 2 is 1.94 bits per heavy atom. The van der Waals surface area contributed by atoms with E-state index in [0.717, 1.165) is 24.1 Å². The van der Waals surface area contributed by atoms with E-state index in [0.29, 0.717) is 41.5 Å². The highest BCUT2D eigenvalue weighted by Crippen LogP contribution is 2.41. The number of imidazole rings is 2. The summed E-state index contributed by atoms with van der Waals surface area (Å²) in [5.41, 5.74) is 15.8. The summed E-state index contributed by atoms with van der Waals surface area (Å²) in [5.74, 6) is 6.11. The summed E-state index contributed by atoms with van der Waals surface area (Å²) >= 11 is 0. The number of carbonyl (C=O) groups is 2. The van der Waals surface area contributed by atoms with Crippen LogP contribution in [0.3, 0.4) is 0 Å². The molecule has 5 aromatic heterocycles. The average molecular weight is 654 g/mol. The molecular formula is C33H39N11O4. The number of aromatic nitrogens is 6. The SMILES string of the molecule is CCOC(=O)C(C)(C)Cc1cc(C2CC2)cn2cc(CN(N)/C=C(\N)C(=O)NCc3ncn4ccc(-n5ccc(N)nc5=O)cc34)nc12. The molecule has 1 amide bonds. The van der Waals surface area contributed by atoms with Crippen molar-refractivity contribution in [2.45, 2.75) is 59.0 Å². The van der Waals surface area contributed by atoms with Gasteiger partial charge in [-0.2, -0.15) is 4.98 Å². The van der Waals surface area contributed by atoms with Gasteiger partial charge in [0.05, 0.1) is 54.0 Å². The number of hydrogen-bond acceptors (Lipinski definition) is 11. The first-order valence-electron chi connectivity index (χ1n) is 15.7. The van der Waals surface area contributed by atoms with Crippen LogP contribution in [0, 0.1) is 5.41 Å². The molecular weight excluding hydrogens is 614 g/mol. The molecule has 0 spiro atoms. The number of nitrogens with zero attached hydrogens (tertiary/aromatic N) is 7. The van der Waals surface area contributed by atoms with E-state index in [-0.39, 0.29) is 30.6 Å². The Kier molecular flexibility index (Phi) is 8.62. The predicted molar refractivity (Wildman–Crippen MR) is 178 cm³/mol. The molecule has 0 unspecified atom stereocenters. The van der Waals surface area contributed by atoms with E-state index >= 15 is 0 Å². The van der Waals surface area contributed by atoms with Gasteiger partial charge in [-0.25, -0.2) is 20.6 Å². The molecule has 0 saturated heterocycles. The van der Waals surface area contributed by atoms with Gasteiger partial charge in [-0.05, 0) is 75.3 Å². The third-order valence-electron chi connectivity index (χ3n) is 8.24. The van der Waals surface area contributed by atoms with Crippen LogP contribution in [-0.2, 0) is 33.8 Å². The van der Waals surface area contributed by atoms with Crippen molar-refractivity contribution in [3.8, 4) is 5.69 Å². The number of carbonyl (C=O) groups excluding carboxylic acids is 2. The first kappa shape index (κ1) is 32.2. The number of rotatable bonds is 12. The number of nitrogens with one attached hydrogen (secondary N) is 1. The van der Waals surface area contributed by atoms with Gasteiger partial charge in [0.25, 0.3) is 5.91 Å². The van der Waals surface area contributed by atoms with Crippen LogP contribution in [0.15, 0.2) is 72.1 Å². The van der Waals surface area contributed by atoms with Crippen molar-refractivity contribution < 1.29 is 14.3 Å². The van der Waals surface area contributed by atoms with Crippen LogP contribution in [0.1, 0.15) is 62.0 Å². The van der Waals surface area contributed by atoms with Gasteiger partial charge in [-0.3, -0.25) is 14.2 Å². The minimum atomic E-state index is -0.728. The molecule has 1 aliphatic carbocycles. The fraction of sp³-hybridized carbons (Fsp3) is 0.333. The van der Waals surface area contributed by atoms with Gasteiger partial charge < -0.3 is 35.3 Å². The molecule has 1 fully saturated rings. The fourth-order valence-electron chi connectivity index (χ4n) is 5.63. The van der Waals surface area contributed by atoms with Gasteiger partial charge >= 0.3 is 11.7 Å². The minimum absolute atomic E-state index is 0.0769. The van der Waals surface area contributed by atoms with Gasteiger partial charge in [0.2, 0.25) is 0 Å². The number of nitrogens with two attached hydrogens (primary N) is 3. The van der Waals surface area contributed by atoms with E-state index in [9.17, 15) is 14.4 Å². The summed E-state index contributed by atoms with van der Waals surface area (Å²) in [5, 5.41) is 4.07. The summed E-state index contributed by atoms with van der Waals surface area (Å²) in [6, 6.07) is 7.19. The second kappa shape index (κ2) is 12.8. The largest absolute Gasteiger partial charge is 0.466 e. The number of ether oxygens (including phenoxy) is 1. The zero-order valence-electron chi connectivity index (χ0n) is 27.1. The van der Waals surface area contributed by atoms with Crippen molar-refractivity contribution in [3.63, 3.8) is 0 Å². The maximum atomic E-state index is 12.9. The topological polar surface area (TPSA) is 206 Å². The highest BCUT2D eigenvalue weighted by molar-refractivity contribution is 5.92. The van der Waals surface area contributed by atoms with Crippen LogP contribution in [-0.4, -0.2) is 51.8 Å². The highest BCUT2D eigenvalue weighted by atomic mass is 16.5. The number of amides is 1. The van der Waals surface area contributed by atoms with E-state index < -0.39 is 17.0 Å². The molecule has 7 N–H and O–H groups in total. The third-order valence-corrected chi connectivity index (χ3v) is 8.24. The van der Waals surface area contributed by atoms with E-state index in [4.69, 9.17) is 27.0 Å². The van der Waals surface area contributed by atoms with Crippen molar-refractivity contribution in [1.82, 2.24) is 38.6 Å². The van der Waals surface area contributed by atoms with Crippen LogP contribution in [0.4, 0.5) is 5.82 Å². The minimum Gasteiger partial charge on any atom is -0.466 e. The molecule has 15 heteroatoms. The van der Waals surface area contributed by atoms with Crippen LogP contribution in [0.25, 0.3) is 16.9 Å². The molecule has 250 valence electrons. The lowest BCUT2D eigenvalue weighted by atomic mass is 9.85. The number of hydrogen-bond donors (Lipinski definition) is 4. The summed E-state index contributed by atoms with van der Waals surface area (Å²) in [6.45, 7) is 6.14. The van der Waals surface area contributed by atoms with Crippen molar-refractivity contribution in [2.24, 2.45) is 17.0 Å². The van der Waals surface area contributed by atoms with Gasteiger partial charge in [-0.1, -0.05) is 6.07 Å². The number of pyridine rings is 2. The van der Waals surface area contributed by atoms with Crippen LogP contribution < -0.4 is 28.3 Å². The lowest BCUT2D eigenvalue weighted by molar-refractivity contribution is -0.153. The van der Waals surface area contributed by atoms with Crippen LogP contribution in [0.5, 0.6) is 0 Å². The molecule has 6 rings (SSSR count). The fourth-order valence-corrected chi connectivity index (χ4v) is 5.63. The van der Waals surface area contributed by atoms with Crippen molar-refractivity contribution in [1.29, 1.82) is 0 Å². The van der Waals surface area contributed by atoms with E-state index in [1.807, 2.05) is 24.4 Å². The predicted octanol–water partition coefficient (Wildman–Crippen LogP) is 1.91. The van der Waals surface area contributed by atoms with Crippen molar-refractivity contribution in [3.05, 3.63) is 100 Å². The van der Waals surface area contributed by atoms with Gasteiger partial charge in [-0.15, -0.1) is 0 Å². The van der Waals surface area contributed by atoms with Crippen LogP contribution >= 0.6 is 0 Å². The molecule has 5 heterocycles. The Labute approximate surface area is 276 Å². The monoisotopic (exact) mass is 653 g/mol. The number of hydrazine groups is 1. The quantitative estimate of drug-likeness (QED) is 0.0662. The first-order valence-corrected chi connectivity index (χ1v) is 15.7. The third kappa shape index (κ3) is 6.85. The Bertz CT molecular complexity index is 2110. The molecule has 15 nitrogen and oxygen atoms in total. The van der Waals surface area contributed by atoms with Crippen molar-refractivity contribution in [2.75, 3.05) is 12.3 Å². The van der Waals surface area contributed by atoms with Gasteiger partial charge in [0.1, 0.15) is 17.2 Å². The summed E-state index contributed by atoms with van der Waals surface area (Å²) in [6.07, 6.45) is 13.0. The highest BCUT2D eigenvalue weighted by Gasteiger charge is 2.32. The molecule has 0 radical (unpaired) electrons. The number of anilines is 1. The molecule has 1 aliphatic rings. The standard InChI is InChI=1S/C33H39N11O4/c1-4-48-31(46)33(2,3)13-21-11-22(20-5-6-20)15-42-16-23(39-29(21)42)17-43(36)18-25(34)30(45)37-14-26-27-12-24(7-9-41(27)19-38-26)44-10-8-28(35)40-32(44)47/h7-12,15-16,18-20H,4-6,13-14,17,34,36H2,1-3H3,(H,37,45)(H2,35,40,47)/b25-18-. The smallest absolute Gasteiger partial charge is 0.354 e. The van der Waals surface area contributed by atoms with E-state index in [1.54, 1.807) is 42.2 Å². The average Bonchev–Trinajstić information content (AvgIpc) is 3.69. The van der Waals surface area contributed by atoms with E-state index in [1.165, 1.54) is 27.4 Å². The lowest BCUT2D eigenvalue weighted by Crippen LogP contribution is -2.32. The summed E-state index contributed by atoms with van der Waals surface area (Å²) < 4.78 is 10.4. The summed E-state index contributed by atoms with van der Waals surface area (Å²) in [7, 11) is 0. The first-order chi connectivity index (χ1) is 22.9. The second-order valence-corrected chi connectivity index (χ2v) is 12.6. The molecule has 5 aromatic rings. The number of fused-ring (bicyclic) bond motifs is 2. The number of nitrogen functional groups attached to an aromatic ring is 1. The van der Waals surface area contributed by atoms with Crippen molar-refractivity contribution >= 4 is 28.9 Å². The maximum absolute atomic E-state index is 12.9.